The maximum absolute atomic E-state index is 12.4. The number of carbonyl (C=O) groups excluding carboxylic acids is 1. The average molecular weight is 230 g/mol. The summed E-state index contributed by atoms with van der Waals surface area (Å²) in [6, 6.07) is 7.74. The van der Waals surface area contributed by atoms with Crippen molar-refractivity contribution in [3.05, 3.63) is 30.0 Å². The second-order valence-corrected chi connectivity index (χ2v) is 5.08. The molecule has 0 aliphatic heterocycles. The van der Waals surface area contributed by atoms with Crippen LogP contribution in [0.25, 0.3) is 10.9 Å². The molecule has 0 saturated carbocycles. The molecule has 0 bridgehead atoms. The van der Waals surface area contributed by atoms with Crippen LogP contribution in [0.15, 0.2) is 24.3 Å². The number of nitrogens with one attached hydrogen (secondary N) is 1. The Kier molecular flexibility index (Phi) is 3.01. The minimum absolute atomic E-state index is 0.122. The molecule has 2 aromatic rings. The van der Waals surface area contributed by atoms with Gasteiger partial charge in [-0.05, 0) is 12.5 Å². The van der Waals surface area contributed by atoms with E-state index in [1.165, 1.54) is 0 Å². The predicted octanol–water partition coefficient (Wildman–Crippen LogP) is 3.57. The van der Waals surface area contributed by atoms with Gasteiger partial charge in [0.1, 0.15) is 5.69 Å². The average Bonchev–Trinajstić information content (AvgIpc) is 2.71. The number of ketones is 1. The number of nitrogens with zero attached hydrogens (tertiary/aromatic N) is 1. The Morgan fingerprint density at radius 2 is 2.06 bits per heavy atom. The Hall–Kier alpha value is -1.64. The number of rotatable bonds is 4. The Labute approximate surface area is 101 Å². The fourth-order valence-electron chi connectivity index (χ4n) is 2.20. The van der Waals surface area contributed by atoms with Gasteiger partial charge < -0.3 is 0 Å². The Bertz CT molecular complexity index is 540. The third kappa shape index (κ3) is 2.09. The highest BCUT2D eigenvalue weighted by Gasteiger charge is 2.30. The maximum Gasteiger partial charge on any atom is 0.189 e. The summed E-state index contributed by atoms with van der Waals surface area (Å²) in [7, 11) is 0. The second kappa shape index (κ2) is 4.32. The number of benzene rings is 1. The van der Waals surface area contributed by atoms with Gasteiger partial charge in [0.15, 0.2) is 5.78 Å². The van der Waals surface area contributed by atoms with Crippen LogP contribution in [-0.2, 0) is 0 Å². The number of carbonyl (C=O) groups is 1. The SMILES string of the molecule is CCCC(C)(C)C(=O)c1n[nH]c2ccccc12. The lowest BCUT2D eigenvalue weighted by molar-refractivity contribution is 0.0821. The Morgan fingerprint density at radius 3 is 2.76 bits per heavy atom. The molecule has 0 saturated heterocycles. The smallest absolute Gasteiger partial charge is 0.189 e. The van der Waals surface area contributed by atoms with Crippen molar-refractivity contribution in [1.82, 2.24) is 10.2 Å². The van der Waals surface area contributed by atoms with Crippen molar-refractivity contribution in [3.63, 3.8) is 0 Å². The summed E-state index contributed by atoms with van der Waals surface area (Å²) in [5, 5.41) is 8.00. The molecule has 90 valence electrons. The third-order valence-electron chi connectivity index (χ3n) is 3.18. The fourth-order valence-corrected chi connectivity index (χ4v) is 2.20. The first-order chi connectivity index (χ1) is 8.06. The van der Waals surface area contributed by atoms with E-state index in [9.17, 15) is 4.79 Å². The van der Waals surface area contributed by atoms with Gasteiger partial charge in [0.05, 0.1) is 5.52 Å². The monoisotopic (exact) mass is 230 g/mol. The van der Waals surface area contributed by atoms with E-state index in [1.807, 2.05) is 38.1 Å². The number of H-pyrrole nitrogens is 1. The van der Waals surface area contributed by atoms with Crippen LogP contribution in [-0.4, -0.2) is 16.0 Å². The molecule has 17 heavy (non-hydrogen) atoms. The third-order valence-corrected chi connectivity index (χ3v) is 3.18. The molecule has 0 fully saturated rings. The van der Waals surface area contributed by atoms with Crippen molar-refractivity contribution in [2.24, 2.45) is 5.41 Å². The summed E-state index contributed by atoms with van der Waals surface area (Å²) in [5.41, 5.74) is 1.15. The zero-order chi connectivity index (χ0) is 12.5. The van der Waals surface area contributed by atoms with Gasteiger partial charge in [-0.15, -0.1) is 0 Å². The van der Waals surface area contributed by atoms with Gasteiger partial charge in [-0.1, -0.05) is 45.4 Å². The van der Waals surface area contributed by atoms with Crippen LogP contribution < -0.4 is 0 Å². The van der Waals surface area contributed by atoms with Gasteiger partial charge in [-0.25, -0.2) is 0 Å². The quantitative estimate of drug-likeness (QED) is 0.816. The standard InChI is InChI=1S/C14H18N2O/c1-4-9-14(2,3)13(17)12-10-7-5-6-8-11(10)15-16-12/h5-8H,4,9H2,1-3H3,(H,15,16). The number of fused-ring (bicyclic) bond motifs is 1. The van der Waals surface area contributed by atoms with Crippen molar-refractivity contribution in [1.29, 1.82) is 0 Å². The lowest BCUT2D eigenvalue weighted by atomic mass is 9.81. The van der Waals surface area contributed by atoms with Gasteiger partial charge >= 0.3 is 0 Å². The van der Waals surface area contributed by atoms with Crippen LogP contribution in [0, 0.1) is 5.41 Å². The molecule has 3 heteroatoms. The zero-order valence-corrected chi connectivity index (χ0v) is 10.6. The molecule has 1 aromatic carbocycles. The van der Waals surface area contributed by atoms with Gasteiger partial charge in [0.2, 0.25) is 0 Å². The molecule has 0 radical (unpaired) electrons. The molecule has 0 atom stereocenters. The summed E-state index contributed by atoms with van der Waals surface area (Å²) >= 11 is 0. The van der Waals surface area contributed by atoms with Gasteiger partial charge in [0, 0.05) is 10.8 Å². The summed E-state index contributed by atoms with van der Waals surface area (Å²) in [6.45, 7) is 6.07. The predicted molar refractivity (Wildman–Crippen MR) is 69.1 cm³/mol. The van der Waals surface area contributed by atoms with Crippen molar-refractivity contribution in [3.8, 4) is 0 Å². The maximum atomic E-state index is 12.4. The second-order valence-electron chi connectivity index (χ2n) is 5.08. The normalized spacial score (nSPS) is 11.9. The van der Waals surface area contributed by atoms with E-state index in [-0.39, 0.29) is 11.2 Å². The van der Waals surface area contributed by atoms with E-state index < -0.39 is 0 Å². The van der Waals surface area contributed by atoms with E-state index in [0.717, 1.165) is 23.7 Å². The van der Waals surface area contributed by atoms with E-state index in [0.29, 0.717) is 5.69 Å². The lowest BCUT2D eigenvalue weighted by Gasteiger charge is -2.20. The zero-order valence-electron chi connectivity index (χ0n) is 10.6. The minimum Gasteiger partial charge on any atom is -0.292 e. The van der Waals surface area contributed by atoms with Crippen molar-refractivity contribution < 1.29 is 4.79 Å². The van der Waals surface area contributed by atoms with E-state index in [1.54, 1.807) is 0 Å². The number of para-hydroxylation sites is 1. The molecule has 2 rings (SSSR count). The molecule has 0 aliphatic carbocycles. The Morgan fingerprint density at radius 1 is 1.35 bits per heavy atom. The molecular formula is C14H18N2O. The van der Waals surface area contributed by atoms with Crippen molar-refractivity contribution in [2.75, 3.05) is 0 Å². The largest absolute Gasteiger partial charge is 0.292 e. The molecule has 0 amide bonds. The first kappa shape index (κ1) is 11.8. The summed E-state index contributed by atoms with van der Waals surface area (Å²) in [6.07, 6.45) is 1.88. The number of Topliss-reactive ketones (excluding diaryl/α,β-unsaturated/α-hetero) is 1. The highest BCUT2D eigenvalue weighted by molar-refractivity contribution is 6.08. The summed E-state index contributed by atoms with van der Waals surface area (Å²) in [4.78, 5) is 12.4. The molecule has 1 N–H and O–H groups in total. The van der Waals surface area contributed by atoms with Crippen LogP contribution in [0.1, 0.15) is 44.1 Å². The van der Waals surface area contributed by atoms with Crippen molar-refractivity contribution in [2.45, 2.75) is 33.6 Å². The summed E-state index contributed by atoms with van der Waals surface area (Å²) < 4.78 is 0. The molecule has 0 aliphatic rings. The molecule has 0 spiro atoms. The van der Waals surface area contributed by atoms with E-state index in [2.05, 4.69) is 17.1 Å². The van der Waals surface area contributed by atoms with Gasteiger partial charge in [-0.3, -0.25) is 9.89 Å². The van der Waals surface area contributed by atoms with Crippen LogP contribution in [0.4, 0.5) is 0 Å². The topological polar surface area (TPSA) is 45.8 Å². The molecule has 0 unspecified atom stereocenters. The van der Waals surface area contributed by atoms with Crippen molar-refractivity contribution >= 4 is 16.7 Å². The van der Waals surface area contributed by atoms with E-state index >= 15 is 0 Å². The molecule has 3 nitrogen and oxygen atoms in total. The first-order valence-corrected chi connectivity index (χ1v) is 6.04. The van der Waals surface area contributed by atoms with Gasteiger partial charge in [0.25, 0.3) is 0 Å². The molecule has 1 aromatic heterocycles. The lowest BCUT2D eigenvalue weighted by Crippen LogP contribution is -2.24. The molecule has 1 heterocycles. The number of aromatic amines is 1. The highest BCUT2D eigenvalue weighted by Crippen LogP contribution is 2.29. The van der Waals surface area contributed by atoms with Crippen LogP contribution in [0.3, 0.4) is 0 Å². The number of aromatic nitrogens is 2. The number of hydrogen-bond acceptors (Lipinski definition) is 2. The fraction of sp³-hybridized carbons (Fsp3) is 0.429. The van der Waals surface area contributed by atoms with Gasteiger partial charge in [-0.2, -0.15) is 5.10 Å². The minimum atomic E-state index is -0.341. The van der Waals surface area contributed by atoms with E-state index in [4.69, 9.17) is 0 Å². The van der Waals surface area contributed by atoms with Crippen LogP contribution in [0.2, 0.25) is 0 Å². The summed E-state index contributed by atoms with van der Waals surface area (Å²) in [5.74, 6) is 0.122. The van der Waals surface area contributed by atoms with Crippen LogP contribution >= 0.6 is 0 Å². The highest BCUT2D eigenvalue weighted by atomic mass is 16.1. The first-order valence-electron chi connectivity index (χ1n) is 6.04. The Balaban J connectivity index is 2.43. The molecular weight excluding hydrogens is 212 g/mol. The van der Waals surface area contributed by atoms with Crippen LogP contribution in [0.5, 0.6) is 0 Å². The number of hydrogen-bond donors (Lipinski definition) is 1.